The summed E-state index contributed by atoms with van der Waals surface area (Å²) in [6, 6.07) is 10.7. The lowest BCUT2D eigenvalue weighted by atomic mass is 10.1. The highest BCUT2D eigenvalue weighted by Gasteiger charge is 2.23. The van der Waals surface area contributed by atoms with Gasteiger partial charge in [-0.1, -0.05) is 18.2 Å². The highest BCUT2D eigenvalue weighted by atomic mass is 79.9. The Morgan fingerprint density at radius 2 is 1.96 bits per heavy atom. The summed E-state index contributed by atoms with van der Waals surface area (Å²) >= 11 is 4.89. The minimum Gasteiger partial charge on any atom is -0.340 e. The van der Waals surface area contributed by atoms with Gasteiger partial charge in [0.2, 0.25) is 5.91 Å². The molecule has 0 bridgehead atoms. The molecular weight excluding hydrogens is 446 g/mol. The maximum atomic E-state index is 12.7. The van der Waals surface area contributed by atoms with E-state index in [1.807, 2.05) is 6.26 Å². The number of nitro benzene ring substituents is 1. The molecule has 0 spiro atoms. The minimum atomic E-state index is -0.771. The highest BCUT2D eigenvalue weighted by molar-refractivity contribution is 9.10. The van der Waals surface area contributed by atoms with Crippen molar-refractivity contribution in [2.75, 3.05) is 17.3 Å². The molecule has 0 saturated heterocycles. The van der Waals surface area contributed by atoms with Crippen LogP contribution in [0.2, 0.25) is 0 Å². The first-order valence-corrected chi connectivity index (χ1v) is 10.6. The summed E-state index contributed by atoms with van der Waals surface area (Å²) in [6.07, 6.45) is 2.34. The number of nitrogens with zero attached hydrogens (tertiary/aromatic N) is 1. The van der Waals surface area contributed by atoms with E-state index in [1.165, 1.54) is 6.07 Å². The van der Waals surface area contributed by atoms with Gasteiger partial charge in [0.15, 0.2) is 0 Å². The normalized spacial score (nSPS) is 11.5. The molecule has 9 heteroatoms. The maximum absolute atomic E-state index is 12.7. The molecule has 1 unspecified atom stereocenters. The van der Waals surface area contributed by atoms with Gasteiger partial charge in [0, 0.05) is 21.8 Å². The third kappa shape index (κ3) is 5.80. The van der Waals surface area contributed by atoms with E-state index in [0.29, 0.717) is 33.5 Å². The number of anilines is 1. The van der Waals surface area contributed by atoms with Gasteiger partial charge in [0.1, 0.15) is 6.04 Å². The van der Waals surface area contributed by atoms with Crippen LogP contribution in [-0.2, 0) is 4.79 Å². The van der Waals surface area contributed by atoms with Crippen molar-refractivity contribution < 1.29 is 14.5 Å². The van der Waals surface area contributed by atoms with E-state index in [4.69, 9.17) is 0 Å². The number of halogens is 1. The first-order valence-electron chi connectivity index (χ1n) is 8.43. The Kier molecular flexibility index (Phi) is 8.01. The second-order valence-electron chi connectivity index (χ2n) is 6.03. The number of nitro groups is 1. The predicted molar refractivity (Wildman–Crippen MR) is 115 cm³/mol. The fourth-order valence-electron chi connectivity index (χ4n) is 2.50. The largest absolute Gasteiger partial charge is 0.340 e. The quantitative estimate of drug-likeness (QED) is 0.450. The monoisotopic (exact) mass is 465 g/mol. The molecule has 0 aliphatic carbocycles. The van der Waals surface area contributed by atoms with E-state index < -0.39 is 16.9 Å². The zero-order chi connectivity index (χ0) is 20.7. The molecule has 0 fully saturated rings. The molecule has 7 nitrogen and oxygen atoms in total. The number of hydrogen-bond acceptors (Lipinski definition) is 5. The summed E-state index contributed by atoms with van der Waals surface area (Å²) in [6.45, 7) is 1.63. The van der Waals surface area contributed by atoms with Crippen LogP contribution in [0.5, 0.6) is 0 Å². The van der Waals surface area contributed by atoms with Crippen molar-refractivity contribution in [3.8, 4) is 0 Å². The second kappa shape index (κ2) is 10.2. The number of thioether (sulfide) groups is 1. The van der Waals surface area contributed by atoms with Gasteiger partial charge >= 0.3 is 0 Å². The maximum Gasteiger partial charge on any atom is 0.274 e. The van der Waals surface area contributed by atoms with Crippen LogP contribution in [-0.4, -0.2) is 34.8 Å². The third-order valence-corrected chi connectivity index (χ3v) is 5.36. The fourth-order valence-corrected chi connectivity index (χ4v) is 3.44. The van der Waals surface area contributed by atoms with Crippen LogP contribution in [0.3, 0.4) is 0 Å². The first-order chi connectivity index (χ1) is 13.3. The Morgan fingerprint density at radius 3 is 2.61 bits per heavy atom. The smallest absolute Gasteiger partial charge is 0.274 e. The predicted octanol–water partition coefficient (Wildman–Crippen LogP) is 4.16. The zero-order valence-electron chi connectivity index (χ0n) is 15.4. The lowest BCUT2D eigenvalue weighted by Crippen LogP contribution is -2.44. The molecule has 0 heterocycles. The van der Waals surface area contributed by atoms with E-state index in [0.717, 1.165) is 0 Å². The number of rotatable bonds is 8. The van der Waals surface area contributed by atoms with Crippen molar-refractivity contribution in [3.63, 3.8) is 0 Å². The van der Waals surface area contributed by atoms with Crippen LogP contribution in [0, 0.1) is 17.0 Å². The summed E-state index contributed by atoms with van der Waals surface area (Å²) < 4.78 is 0.630. The summed E-state index contributed by atoms with van der Waals surface area (Å²) in [5.74, 6) is -0.126. The van der Waals surface area contributed by atoms with Gasteiger partial charge in [-0.2, -0.15) is 11.8 Å². The van der Waals surface area contributed by atoms with E-state index in [9.17, 15) is 19.7 Å². The summed E-state index contributed by atoms with van der Waals surface area (Å²) in [5, 5.41) is 16.5. The van der Waals surface area contributed by atoms with Crippen molar-refractivity contribution in [2.24, 2.45) is 0 Å². The lowest BCUT2D eigenvalue weighted by Gasteiger charge is -2.18. The molecule has 2 aromatic rings. The number of benzene rings is 2. The van der Waals surface area contributed by atoms with Gasteiger partial charge in [-0.15, -0.1) is 0 Å². The molecule has 0 aromatic heterocycles. The number of aryl methyl sites for hydroxylation is 1. The Hall–Kier alpha value is -2.39. The topological polar surface area (TPSA) is 101 Å². The number of hydrogen-bond donors (Lipinski definition) is 2. The van der Waals surface area contributed by atoms with Gasteiger partial charge in [0.25, 0.3) is 11.6 Å². The van der Waals surface area contributed by atoms with Crippen LogP contribution in [0.1, 0.15) is 22.3 Å². The Morgan fingerprint density at radius 1 is 1.25 bits per heavy atom. The molecule has 0 aliphatic rings. The SMILES string of the molecule is CSCCC(NC(=O)c1ccccc1Br)C(=O)Nc1ccc(C)c([N+](=O)[O-])c1. The molecule has 0 saturated carbocycles. The van der Waals surface area contributed by atoms with Crippen LogP contribution < -0.4 is 10.6 Å². The van der Waals surface area contributed by atoms with E-state index in [1.54, 1.807) is 55.1 Å². The molecule has 2 aromatic carbocycles. The Balaban J connectivity index is 2.17. The lowest BCUT2D eigenvalue weighted by molar-refractivity contribution is -0.385. The Labute approximate surface area is 175 Å². The van der Waals surface area contributed by atoms with E-state index in [2.05, 4.69) is 26.6 Å². The van der Waals surface area contributed by atoms with Gasteiger partial charge in [-0.25, -0.2) is 0 Å². The van der Waals surface area contributed by atoms with Crippen molar-refractivity contribution in [2.45, 2.75) is 19.4 Å². The van der Waals surface area contributed by atoms with Crippen molar-refractivity contribution in [3.05, 3.63) is 68.2 Å². The molecule has 28 heavy (non-hydrogen) atoms. The molecule has 148 valence electrons. The number of amides is 2. The molecule has 1 atom stereocenters. The molecule has 0 aliphatic heterocycles. The van der Waals surface area contributed by atoms with E-state index >= 15 is 0 Å². The third-order valence-electron chi connectivity index (χ3n) is 4.02. The average molecular weight is 466 g/mol. The van der Waals surface area contributed by atoms with Gasteiger partial charge in [-0.3, -0.25) is 19.7 Å². The summed E-state index contributed by atoms with van der Waals surface area (Å²) in [7, 11) is 0. The molecule has 2 N–H and O–H groups in total. The van der Waals surface area contributed by atoms with Crippen LogP contribution >= 0.6 is 27.7 Å². The molecular formula is C19H20BrN3O4S. The molecule has 0 radical (unpaired) electrons. The number of carbonyl (C=O) groups is 2. The standard InChI is InChI=1S/C19H20BrN3O4S/c1-12-7-8-13(11-17(12)23(26)27)21-19(25)16(9-10-28-2)22-18(24)14-5-3-4-6-15(14)20/h3-8,11,16H,9-10H2,1-2H3,(H,21,25)(H,22,24). The van der Waals surface area contributed by atoms with Crippen LogP contribution in [0.15, 0.2) is 46.9 Å². The van der Waals surface area contributed by atoms with Crippen LogP contribution in [0.25, 0.3) is 0 Å². The zero-order valence-corrected chi connectivity index (χ0v) is 17.8. The van der Waals surface area contributed by atoms with Crippen molar-refractivity contribution >= 4 is 50.9 Å². The second-order valence-corrected chi connectivity index (χ2v) is 7.87. The average Bonchev–Trinajstić information content (AvgIpc) is 2.66. The van der Waals surface area contributed by atoms with Crippen molar-refractivity contribution in [1.82, 2.24) is 5.32 Å². The van der Waals surface area contributed by atoms with Crippen LogP contribution in [0.4, 0.5) is 11.4 Å². The van der Waals surface area contributed by atoms with Crippen molar-refractivity contribution in [1.29, 1.82) is 0 Å². The minimum absolute atomic E-state index is 0.0734. The summed E-state index contributed by atoms with van der Waals surface area (Å²) in [4.78, 5) is 35.9. The van der Waals surface area contributed by atoms with E-state index in [-0.39, 0.29) is 11.6 Å². The first kappa shape index (κ1) is 21.9. The number of nitrogens with one attached hydrogen (secondary N) is 2. The molecule has 2 rings (SSSR count). The van der Waals surface area contributed by atoms with Gasteiger partial charge in [0.05, 0.1) is 10.5 Å². The Bertz CT molecular complexity index is 891. The van der Waals surface area contributed by atoms with Gasteiger partial charge < -0.3 is 10.6 Å². The summed E-state index contributed by atoms with van der Waals surface area (Å²) in [5.41, 5.74) is 1.17. The highest BCUT2D eigenvalue weighted by Crippen LogP contribution is 2.23. The number of carbonyl (C=O) groups excluding carboxylic acids is 2. The fraction of sp³-hybridized carbons (Fsp3) is 0.263. The molecule has 2 amide bonds. The van der Waals surface area contributed by atoms with Gasteiger partial charge in [-0.05, 0) is 59.5 Å².